The van der Waals surface area contributed by atoms with E-state index in [4.69, 9.17) is 4.74 Å². The van der Waals surface area contributed by atoms with Gasteiger partial charge in [-0.3, -0.25) is 4.79 Å². The highest BCUT2D eigenvalue weighted by atomic mass is 16.5. The summed E-state index contributed by atoms with van der Waals surface area (Å²) in [4.78, 5) is 14.8. The average Bonchev–Trinajstić information content (AvgIpc) is 2.90. The molecule has 24 heavy (non-hydrogen) atoms. The predicted octanol–water partition coefficient (Wildman–Crippen LogP) is 3.01. The van der Waals surface area contributed by atoms with Gasteiger partial charge in [-0.05, 0) is 43.1 Å². The number of benzene rings is 2. The Hall–Kier alpha value is -2.33. The SMILES string of the molecule is Cc1ccccc1COc1ccccc1C(=O)N1CCCNCC1. The van der Waals surface area contributed by atoms with Crippen LogP contribution in [-0.2, 0) is 6.61 Å². The van der Waals surface area contributed by atoms with Crippen LogP contribution in [0.15, 0.2) is 48.5 Å². The van der Waals surface area contributed by atoms with Crippen LogP contribution in [-0.4, -0.2) is 37.0 Å². The number of carbonyl (C=O) groups is 1. The number of nitrogens with zero attached hydrogens (tertiary/aromatic N) is 1. The number of para-hydroxylation sites is 1. The van der Waals surface area contributed by atoms with E-state index in [1.54, 1.807) is 0 Å². The molecule has 2 aromatic rings. The Kier molecular flexibility index (Phi) is 5.49. The first-order valence-corrected chi connectivity index (χ1v) is 8.52. The first-order valence-electron chi connectivity index (χ1n) is 8.52. The fourth-order valence-corrected chi connectivity index (χ4v) is 2.92. The second-order valence-electron chi connectivity index (χ2n) is 6.11. The molecule has 1 amide bonds. The van der Waals surface area contributed by atoms with E-state index in [9.17, 15) is 4.79 Å². The second-order valence-corrected chi connectivity index (χ2v) is 6.11. The van der Waals surface area contributed by atoms with Gasteiger partial charge in [-0.2, -0.15) is 0 Å². The van der Waals surface area contributed by atoms with E-state index < -0.39 is 0 Å². The van der Waals surface area contributed by atoms with Crippen LogP contribution in [0.3, 0.4) is 0 Å². The van der Waals surface area contributed by atoms with Gasteiger partial charge in [0.05, 0.1) is 5.56 Å². The van der Waals surface area contributed by atoms with Gasteiger partial charge in [-0.15, -0.1) is 0 Å². The fourth-order valence-electron chi connectivity index (χ4n) is 2.92. The molecule has 1 heterocycles. The predicted molar refractivity (Wildman–Crippen MR) is 95.3 cm³/mol. The molecular formula is C20H24N2O2. The van der Waals surface area contributed by atoms with Crippen LogP contribution in [0.4, 0.5) is 0 Å². The Balaban J connectivity index is 1.75. The number of carbonyl (C=O) groups excluding carboxylic acids is 1. The summed E-state index contributed by atoms with van der Waals surface area (Å²) in [6.07, 6.45) is 0.984. The van der Waals surface area contributed by atoms with Gasteiger partial charge >= 0.3 is 0 Å². The zero-order chi connectivity index (χ0) is 16.8. The molecule has 3 rings (SSSR count). The number of amides is 1. The monoisotopic (exact) mass is 324 g/mol. The van der Waals surface area contributed by atoms with Crippen molar-refractivity contribution in [2.75, 3.05) is 26.2 Å². The van der Waals surface area contributed by atoms with Crippen molar-refractivity contribution in [2.24, 2.45) is 0 Å². The zero-order valence-electron chi connectivity index (χ0n) is 14.1. The molecule has 1 fully saturated rings. The lowest BCUT2D eigenvalue weighted by Crippen LogP contribution is -2.34. The van der Waals surface area contributed by atoms with Crippen molar-refractivity contribution in [3.63, 3.8) is 0 Å². The summed E-state index contributed by atoms with van der Waals surface area (Å²) in [5.74, 6) is 0.710. The highest BCUT2D eigenvalue weighted by Crippen LogP contribution is 2.22. The number of hydrogen-bond donors (Lipinski definition) is 1. The molecular weight excluding hydrogens is 300 g/mol. The Morgan fingerprint density at radius 2 is 1.88 bits per heavy atom. The van der Waals surface area contributed by atoms with Gasteiger partial charge in [-0.25, -0.2) is 0 Å². The maximum absolute atomic E-state index is 12.9. The quantitative estimate of drug-likeness (QED) is 0.940. The Labute approximate surface area is 143 Å². The molecule has 1 saturated heterocycles. The summed E-state index contributed by atoms with van der Waals surface area (Å²) in [5, 5.41) is 3.33. The summed E-state index contributed by atoms with van der Waals surface area (Å²) >= 11 is 0. The third kappa shape index (κ3) is 3.95. The van der Waals surface area contributed by atoms with Crippen LogP contribution in [0.5, 0.6) is 5.75 Å². The zero-order valence-corrected chi connectivity index (χ0v) is 14.1. The third-order valence-corrected chi connectivity index (χ3v) is 4.39. The van der Waals surface area contributed by atoms with Gasteiger partial charge in [-0.1, -0.05) is 36.4 Å². The molecule has 0 atom stereocenters. The number of rotatable bonds is 4. The molecule has 126 valence electrons. The molecule has 4 heteroatoms. The summed E-state index contributed by atoms with van der Waals surface area (Å²) in [7, 11) is 0. The third-order valence-electron chi connectivity index (χ3n) is 4.39. The first-order chi connectivity index (χ1) is 11.8. The Morgan fingerprint density at radius 3 is 2.75 bits per heavy atom. The smallest absolute Gasteiger partial charge is 0.257 e. The molecule has 2 aromatic carbocycles. The maximum Gasteiger partial charge on any atom is 0.257 e. The Bertz CT molecular complexity index is 692. The van der Waals surface area contributed by atoms with Crippen molar-refractivity contribution >= 4 is 5.91 Å². The number of aryl methyl sites for hydroxylation is 1. The van der Waals surface area contributed by atoms with Crippen molar-refractivity contribution in [2.45, 2.75) is 20.0 Å². The van der Waals surface area contributed by atoms with Gasteiger partial charge in [0.2, 0.25) is 0 Å². The summed E-state index contributed by atoms with van der Waals surface area (Å²) in [6.45, 7) is 5.88. The van der Waals surface area contributed by atoms with Crippen molar-refractivity contribution in [1.29, 1.82) is 0 Å². The van der Waals surface area contributed by atoms with E-state index in [0.29, 0.717) is 17.9 Å². The van der Waals surface area contributed by atoms with Crippen molar-refractivity contribution in [3.8, 4) is 5.75 Å². The van der Waals surface area contributed by atoms with Crippen LogP contribution in [0.25, 0.3) is 0 Å². The molecule has 0 spiro atoms. The lowest BCUT2D eigenvalue weighted by atomic mass is 10.1. The molecule has 0 radical (unpaired) electrons. The molecule has 0 unspecified atom stereocenters. The fraction of sp³-hybridized carbons (Fsp3) is 0.350. The van der Waals surface area contributed by atoms with Crippen molar-refractivity contribution in [1.82, 2.24) is 10.2 Å². The van der Waals surface area contributed by atoms with E-state index in [0.717, 1.165) is 38.2 Å². The Morgan fingerprint density at radius 1 is 1.08 bits per heavy atom. The summed E-state index contributed by atoms with van der Waals surface area (Å²) in [6, 6.07) is 15.7. The largest absolute Gasteiger partial charge is 0.488 e. The highest BCUT2D eigenvalue weighted by molar-refractivity contribution is 5.97. The summed E-state index contributed by atoms with van der Waals surface area (Å²) < 4.78 is 5.98. The highest BCUT2D eigenvalue weighted by Gasteiger charge is 2.20. The molecule has 4 nitrogen and oxygen atoms in total. The molecule has 0 aromatic heterocycles. The number of ether oxygens (including phenoxy) is 1. The van der Waals surface area contributed by atoms with Gasteiger partial charge < -0.3 is 15.0 Å². The molecule has 1 N–H and O–H groups in total. The van der Waals surface area contributed by atoms with Gasteiger partial charge in [0.1, 0.15) is 12.4 Å². The summed E-state index contributed by atoms with van der Waals surface area (Å²) in [5.41, 5.74) is 2.98. The standard InChI is InChI=1S/C20H24N2O2/c1-16-7-2-3-8-17(16)15-24-19-10-5-4-9-18(19)20(23)22-13-6-11-21-12-14-22/h2-5,7-10,21H,6,11-15H2,1H3. The molecule has 0 saturated carbocycles. The van der Waals surface area contributed by atoms with E-state index >= 15 is 0 Å². The lowest BCUT2D eigenvalue weighted by molar-refractivity contribution is 0.0761. The van der Waals surface area contributed by atoms with Gasteiger partial charge in [0.25, 0.3) is 5.91 Å². The second kappa shape index (κ2) is 7.97. The number of nitrogens with one attached hydrogen (secondary N) is 1. The molecule has 1 aliphatic rings. The van der Waals surface area contributed by atoms with E-state index in [1.807, 2.05) is 41.3 Å². The van der Waals surface area contributed by atoms with E-state index in [-0.39, 0.29) is 5.91 Å². The number of hydrogen-bond acceptors (Lipinski definition) is 3. The minimum atomic E-state index is 0.0547. The normalized spacial score (nSPS) is 15.0. The molecule has 0 bridgehead atoms. The average molecular weight is 324 g/mol. The van der Waals surface area contributed by atoms with Gasteiger partial charge in [0, 0.05) is 19.6 Å². The van der Waals surface area contributed by atoms with Crippen LogP contribution in [0.2, 0.25) is 0 Å². The van der Waals surface area contributed by atoms with Crippen LogP contribution >= 0.6 is 0 Å². The first kappa shape index (κ1) is 16.5. The van der Waals surface area contributed by atoms with Crippen molar-refractivity contribution < 1.29 is 9.53 Å². The van der Waals surface area contributed by atoms with Crippen molar-refractivity contribution in [3.05, 3.63) is 65.2 Å². The topological polar surface area (TPSA) is 41.6 Å². The van der Waals surface area contributed by atoms with Crippen LogP contribution in [0.1, 0.15) is 27.9 Å². The maximum atomic E-state index is 12.9. The minimum absolute atomic E-state index is 0.0547. The van der Waals surface area contributed by atoms with E-state index in [2.05, 4.69) is 24.4 Å². The van der Waals surface area contributed by atoms with Gasteiger partial charge in [0.15, 0.2) is 0 Å². The van der Waals surface area contributed by atoms with E-state index in [1.165, 1.54) is 5.56 Å². The van der Waals surface area contributed by atoms with Crippen LogP contribution in [0, 0.1) is 6.92 Å². The minimum Gasteiger partial charge on any atom is -0.488 e. The lowest BCUT2D eigenvalue weighted by Gasteiger charge is -2.21. The van der Waals surface area contributed by atoms with Crippen LogP contribution < -0.4 is 10.1 Å². The molecule has 0 aliphatic carbocycles. The molecule has 1 aliphatic heterocycles.